The van der Waals surface area contributed by atoms with E-state index in [9.17, 15) is 25.0 Å². The summed E-state index contributed by atoms with van der Waals surface area (Å²) in [5.74, 6) is -0.929. The number of carbonyl (C=O) groups excluding carboxylic acids is 1. The zero-order chi connectivity index (χ0) is 18.4. The van der Waals surface area contributed by atoms with Crippen LogP contribution in [0.5, 0.6) is 0 Å². The summed E-state index contributed by atoms with van der Waals surface area (Å²) < 4.78 is 0. The fourth-order valence-electron chi connectivity index (χ4n) is 2.06. The van der Waals surface area contributed by atoms with Gasteiger partial charge in [-0.2, -0.15) is 0 Å². The van der Waals surface area contributed by atoms with E-state index >= 15 is 0 Å². The molecule has 0 aromatic heterocycles. The third-order valence-corrected chi connectivity index (χ3v) is 3.17. The molecule has 0 aliphatic rings. The van der Waals surface area contributed by atoms with Crippen LogP contribution >= 0.6 is 0 Å². The minimum absolute atomic E-state index is 0.0315. The van der Waals surface area contributed by atoms with Gasteiger partial charge in [0.15, 0.2) is 0 Å². The van der Waals surface area contributed by atoms with Gasteiger partial charge in [-0.25, -0.2) is 0 Å². The van der Waals surface area contributed by atoms with Gasteiger partial charge in [0.1, 0.15) is 0 Å². The van der Waals surface area contributed by atoms with Gasteiger partial charge >= 0.3 is 0 Å². The van der Waals surface area contributed by atoms with Crippen LogP contribution < -0.4 is 0 Å². The maximum atomic E-state index is 12.0. The van der Waals surface area contributed by atoms with Crippen LogP contribution in [0.2, 0.25) is 0 Å². The van der Waals surface area contributed by atoms with Crippen LogP contribution in [0.15, 0.2) is 53.6 Å². The minimum Gasteiger partial charge on any atom is -0.287 e. The van der Waals surface area contributed by atoms with E-state index in [4.69, 9.17) is 5.53 Å². The first-order chi connectivity index (χ1) is 11.9. The molecular weight excluding hydrogens is 330 g/mol. The molecule has 0 atom stereocenters. The lowest BCUT2D eigenvalue weighted by molar-refractivity contribution is -0.394. The van der Waals surface area contributed by atoms with Crippen LogP contribution in [0, 0.1) is 20.2 Å². The smallest absolute Gasteiger partial charge is 0.283 e. The monoisotopic (exact) mass is 339 g/mol. The molecule has 0 spiro atoms. The van der Waals surface area contributed by atoms with Crippen LogP contribution in [0.1, 0.15) is 11.1 Å². The molecule has 2 rings (SSSR count). The molecule has 124 valence electrons. The summed E-state index contributed by atoms with van der Waals surface area (Å²) in [7, 11) is 0. The summed E-state index contributed by atoms with van der Waals surface area (Å²) in [6.07, 6.45) is 1.16. The van der Waals surface area contributed by atoms with Gasteiger partial charge in [0.25, 0.3) is 11.4 Å². The van der Waals surface area contributed by atoms with Crippen molar-refractivity contribution in [3.8, 4) is 0 Å². The third-order valence-electron chi connectivity index (χ3n) is 3.17. The topological polar surface area (TPSA) is 152 Å². The van der Waals surface area contributed by atoms with Crippen molar-refractivity contribution < 1.29 is 14.6 Å². The van der Waals surface area contributed by atoms with E-state index in [2.05, 4.69) is 10.0 Å². The number of nitrogens with zero attached hydrogens (tertiary/aromatic N) is 5. The number of benzene rings is 2. The van der Waals surface area contributed by atoms with Crippen molar-refractivity contribution in [2.75, 3.05) is 0 Å². The van der Waals surface area contributed by atoms with Gasteiger partial charge in [-0.15, -0.1) is 0 Å². The number of azide groups is 1. The molecule has 0 radical (unpaired) electrons. The molecule has 1 amide bonds. The predicted molar refractivity (Wildman–Crippen MR) is 88.2 cm³/mol. The van der Waals surface area contributed by atoms with E-state index in [0.29, 0.717) is 5.56 Å². The lowest BCUT2D eigenvalue weighted by Gasteiger charge is -2.04. The molecule has 0 unspecified atom stereocenters. The highest BCUT2D eigenvalue weighted by atomic mass is 16.6. The summed E-state index contributed by atoms with van der Waals surface area (Å²) in [5.41, 5.74) is 7.75. The molecule has 25 heavy (non-hydrogen) atoms. The van der Waals surface area contributed by atoms with Crippen molar-refractivity contribution in [1.29, 1.82) is 0 Å². The van der Waals surface area contributed by atoms with Gasteiger partial charge < -0.3 is 0 Å². The number of nitro groups is 2. The van der Waals surface area contributed by atoms with Gasteiger partial charge in [-0.1, -0.05) is 30.3 Å². The fourth-order valence-corrected chi connectivity index (χ4v) is 2.06. The summed E-state index contributed by atoms with van der Waals surface area (Å²) >= 11 is 0. The van der Waals surface area contributed by atoms with E-state index < -0.39 is 27.1 Å². The van der Waals surface area contributed by atoms with Crippen molar-refractivity contribution in [3.05, 3.63) is 90.3 Å². The summed E-state index contributed by atoms with van der Waals surface area (Å²) in [6, 6.07) is 11.1. The fraction of sp³-hybridized carbons (Fsp3) is 0. The normalized spacial score (nSPS) is 10.6. The Morgan fingerprint density at radius 2 is 1.76 bits per heavy atom. The van der Waals surface area contributed by atoms with E-state index in [1.165, 1.54) is 0 Å². The number of hydrogen-bond donors (Lipinski definition) is 0. The van der Waals surface area contributed by atoms with Crippen molar-refractivity contribution in [1.82, 2.24) is 0 Å². The second-order valence-electron chi connectivity index (χ2n) is 4.68. The Kier molecular flexibility index (Phi) is 5.18. The molecule has 0 aliphatic carbocycles. The maximum Gasteiger partial charge on any atom is 0.283 e. The Balaban J connectivity index is 2.67. The first kappa shape index (κ1) is 17.3. The predicted octanol–water partition coefficient (Wildman–Crippen LogP) is 3.88. The van der Waals surface area contributed by atoms with Crippen molar-refractivity contribution in [3.63, 3.8) is 0 Å². The van der Waals surface area contributed by atoms with E-state index in [1.54, 1.807) is 30.3 Å². The largest absolute Gasteiger partial charge is 0.287 e. The molecule has 0 saturated heterocycles. The van der Waals surface area contributed by atoms with Crippen molar-refractivity contribution in [2.24, 2.45) is 5.11 Å². The molecule has 0 saturated carbocycles. The lowest BCUT2D eigenvalue weighted by Crippen LogP contribution is -1.99. The highest BCUT2D eigenvalue weighted by Gasteiger charge is 2.20. The number of amides is 1. The summed E-state index contributed by atoms with van der Waals surface area (Å²) in [4.78, 5) is 34.9. The average molecular weight is 339 g/mol. The van der Waals surface area contributed by atoms with Gasteiger partial charge in [-0.05, 0) is 28.4 Å². The Hall–Kier alpha value is -4.04. The Morgan fingerprint density at radius 1 is 1.08 bits per heavy atom. The maximum absolute atomic E-state index is 12.0. The SMILES string of the molecule is [N-]=[N+]=NC(=O)/C(=C\c1ccc([N+](=O)[O-])cc1[N+](=O)[O-])c1ccccc1. The van der Waals surface area contributed by atoms with E-state index in [-0.39, 0.29) is 11.1 Å². The number of non-ortho nitro benzene ring substituents is 1. The van der Waals surface area contributed by atoms with Crippen LogP contribution in [-0.4, -0.2) is 15.8 Å². The Morgan fingerprint density at radius 3 is 2.32 bits per heavy atom. The van der Waals surface area contributed by atoms with E-state index in [1.807, 2.05) is 0 Å². The number of nitro benzene ring substituents is 2. The van der Waals surface area contributed by atoms with Crippen LogP contribution in [-0.2, 0) is 4.79 Å². The molecule has 2 aromatic rings. The molecule has 0 fully saturated rings. The van der Waals surface area contributed by atoms with Crippen LogP contribution in [0.25, 0.3) is 22.1 Å². The molecule has 10 nitrogen and oxygen atoms in total. The zero-order valence-corrected chi connectivity index (χ0v) is 12.5. The quantitative estimate of drug-likeness (QED) is 0.154. The third kappa shape index (κ3) is 4.03. The molecule has 0 heterocycles. The van der Waals surface area contributed by atoms with Crippen LogP contribution in [0.3, 0.4) is 0 Å². The molecule has 0 N–H and O–H groups in total. The lowest BCUT2D eigenvalue weighted by atomic mass is 10.0. The zero-order valence-electron chi connectivity index (χ0n) is 12.5. The number of carbonyl (C=O) groups is 1. The number of rotatable bonds is 5. The van der Waals surface area contributed by atoms with Gasteiger partial charge in [-0.3, -0.25) is 25.0 Å². The first-order valence-corrected chi connectivity index (χ1v) is 6.73. The van der Waals surface area contributed by atoms with E-state index in [0.717, 1.165) is 24.3 Å². The number of hydrogen-bond acceptors (Lipinski definition) is 5. The Labute approximate surface area is 139 Å². The van der Waals surface area contributed by atoms with Crippen molar-refractivity contribution >= 4 is 28.9 Å². The molecule has 0 aliphatic heterocycles. The average Bonchev–Trinajstić information content (AvgIpc) is 2.60. The highest BCUT2D eigenvalue weighted by molar-refractivity contribution is 6.24. The second kappa shape index (κ2) is 7.49. The standard InChI is InChI=1S/C15H9N5O5/c16-18-17-15(21)13(10-4-2-1-3-5-10)8-11-6-7-12(19(22)23)9-14(11)20(24)25/h1-9H/b13-8-. The van der Waals surface area contributed by atoms with Gasteiger partial charge in [0.2, 0.25) is 5.91 Å². The highest BCUT2D eigenvalue weighted by Crippen LogP contribution is 2.29. The Bertz CT molecular complexity index is 933. The van der Waals surface area contributed by atoms with Crippen molar-refractivity contribution in [2.45, 2.75) is 0 Å². The summed E-state index contributed by atoms with van der Waals surface area (Å²) in [5, 5.41) is 25.0. The molecule has 2 aromatic carbocycles. The molecule has 0 bridgehead atoms. The van der Waals surface area contributed by atoms with Gasteiger partial charge in [0.05, 0.1) is 21.5 Å². The molecular formula is C15H9N5O5. The molecule has 10 heteroatoms. The second-order valence-corrected chi connectivity index (χ2v) is 4.68. The minimum atomic E-state index is -0.929. The van der Waals surface area contributed by atoms with Gasteiger partial charge in [0, 0.05) is 16.6 Å². The summed E-state index contributed by atoms with van der Waals surface area (Å²) in [6.45, 7) is 0. The first-order valence-electron chi connectivity index (χ1n) is 6.73. The van der Waals surface area contributed by atoms with Crippen LogP contribution in [0.4, 0.5) is 11.4 Å².